The molecule has 0 unspecified atom stereocenters. The molecule has 0 aliphatic heterocycles. The van der Waals surface area contributed by atoms with Crippen LogP contribution in [0.3, 0.4) is 0 Å². The number of nitrogens with zero attached hydrogens (tertiary/aromatic N) is 1. The van der Waals surface area contributed by atoms with Gasteiger partial charge in [0.15, 0.2) is 0 Å². The van der Waals surface area contributed by atoms with Crippen LogP contribution in [0.2, 0.25) is 5.02 Å². The lowest BCUT2D eigenvalue weighted by Crippen LogP contribution is -2.42. The average molecular weight is 483 g/mol. The first-order valence-electron chi connectivity index (χ1n) is 11.0. The standard InChI is InChI=1S/C26H27ClN2O3S/c1-19-9-11-20(12-10-19)17-29(33(31,32)23-15-13-22(27)14-16-23)18-26(30)28-25-8-4-6-21-5-2-3-7-24(21)25/h2-3,5,7,9-16,25H,4,6,8,17-18H2,1H3,(H,28,30)/t25-/m0/s1. The molecule has 1 aliphatic rings. The Bertz CT molecular complexity index is 1230. The lowest BCUT2D eigenvalue weighted by Gasteiger charge is -2.28. The van der Waals surface area contributed by atoms with E-state index in [9.17, 15) is 13.2 Å². The number of aryl methyl sites for hydroxylation is 2. The van der Waals surface area contributed by atoms with E-state index >= 15 is 0 Å². The fourth-order valence-corrected chi connectivity index (χ4v) is 5.69. The predicted octanol–water partition coefficient (Wildman–Crippen LogP) is 5.03. The molecule has 4 rings (SSSR count). The first-order valence-corrected chi connectivity index (χ1v) is 12.8. The van der Waals surface area contributed by atoms with E-state index in [0.717, 1.165) is 36.0 Å². The fraction of sp³-hybridized carbons (Fsp3) is 0.269. The molecule has 1 aliphatic carbocycles. The topological polar surface area (TPSA) is 66.5 Å². The first-order chi connectivity index (χ1) is 15.8. The predicted molar refractivity (Wildman–Crippen MR) is 130 cm³/mol. The average Bonchev–Trinajstić information content (AvgIpc) is 2.80. The van der Waals surface area contributed by atoms with Crippen LogP contribution < -0.4 is 5.32 Å². The number of benzene rings is 3. The van der Waals surface area contributed by atoms with Crippen LogP contribution in [0.5, 0.6) is 0 Å². The highest BCUT2D eigenvalue weighted by molar-refractivity contribution is 7.89. The van der Waals surface area contributed by atoms with Gasteiger partial charge in [0, 0.05) is 11.6 Å². The van der Waals surface area contributed by atoms with Gasteiger partial charge in [-0.15, -0.1) is 0 Å². The zero-order valence-electron chi connectivity index (χ0n) is 18.5. The van der Waals surface area contributed by atoms with E-state index in [-0.39, 0.29) is 29.9 Å². The monoisotopic (exact) mass is 482 g/mol. The lowest BCUT2D eigenvalue weighted by molar-refractivity contribution is -0.122. The molecule has 7 heteroatoms. The largest absolute Gasteiger partial charge is 0.348 e. The number of hydrogen-bond acceptors (Lipinski definition) is 3. The Balaban J connectivity index is 1.57. The molecule has 0 radical (unpaired) electrons. The second-order valence-electron chi connectivity index (χ2n) is 8.42. The fourth-order valence-electron chi connectivity index (χ4n) is 4.18. The number of halogens is 1. The summed E-state index contributed by atoms with van der Waals surface area (Å²) in [6.07, 6.45) is 2.82. The number of hydrogen-bond donors (Lipinski definition) is 1. The maximum absolute atomic E-state index is 13.4. The molecule has 1 amide bonds. The highest BCUT2D eigenvalue weighted by Gasteiger charge is 2.29. The molecular formula is C26H27ClN2O3S. The van der Waals surface area contributed by atoms with Crippen molar-refractivity contribution in [2.45, 2.75) is 43.7 Å². The Labute approximate surface area is 200 Å². The van der Waals surface area contributed by atoms with Gasteiger partial charge >= 0.3 is 0 Å². The number of nitrogens with one attached hydrogen (secondary N) is 1. The van der Waals surface area contributed by atoms with Crippen LogP contribution in [-0.4, -0.2) is 25.2 Å². The Kier molecular flexibility index (Phi) is 7.17. The van der Waals surface area contributed by atoms with E-state index in [1.165, 1.54) is 34.1 Å². The molecule has 172 valence electrons. The van der Waals surface area contributed by atoms with Gasteiger partial charge in [-0.25, -0.2) is 8.42 Å². The third-order valence-corrected chi connectivity index (χ3v) is 8.01. The Morgan fingerprint density at radius 1 is 1.03 bits per heavy atom. The number of amides is 1. The van der Waals surface area contributed by atoms with Crippen molar-refractivity contribution in [1.29, 1.82) is 0 Å². The van der Waals surface area contributed by atoms with Crippen molar-refractivity contribution in [2.75, 3.05) is 6.54 Å². The summed E-state index contributed by atoms with van der Waals surface area (Å²) in [6, 6.07) is 21.6. The second kappa shape index (κ2) is 10.1. The highest BCUT2D eigenvalue weighted by atomic mass is 35.5. The molecule has 0 heterocycles. The molecule has 0 aromatic heterocycles. The maximum atomic E-state index is 13.4. The minimum absolute atomic E-state index is 0.0971. The van der Waals surface area contributed by atoms with Gasteiger partial charge in [0.25, 0.3) is 0 Å². The Morgan fingerprint density at radius 2 is 1.73 bits per heavy atom. The smallest absolute Gasteiger partial charge is 0.243 e. The van der Waals surface area contributed by atoms with E-state index in [0.29, 0.717) is 5.02 Å². The molecule has 3 aromatic carbocycles. The minimum atomic E-state index is -3.91. The number of carbonyl (C=O) groups excluding carboxylic acids is 1. The molecule has 0 saturated heterocycles. The molecular weight excluding hydrogens is 456 g/mol. The molecule has 5 nitrogen and oxygen atoms in total. The SMILES string of the molecule is Cc1ccc(CN(CC(=O)N[C@H]2CCCc3ccccc32)S(=O)(=O)c2ccc(Cl)cc2)cc1. The van der Waals surface area contributed by atoms with Crippen LogP contribution in [0.1, 0.15) is 41.1 Å². The van der Waals surface area contributed by atoms with Gasteiger partial charge < -0.3 is 5.32 Å². The van der Waals surface area contributed by atoms with Crippen LogP contribution in [0, 0.1) is 6.92 Å². The van der Waals surface area contributed by atoms with Gasteiger partial charge in [0.1, 0.15) is 0 Å². The van der Waals surface area contributed by atoms with E-state index in [1.54, 1.807) is 0 Å². The lowest BCUT2D eigenvalue weighted by atomic mass is 9.88. The first kappa shape index (κ1) is 23.5. The third kappa shape index (κ3) is 5.64. The third-order valence-electron chi connectivity index (χ3n) is 5.96. The summed E-state index contributed by atoms with van der Waals surface area (Å²) in [6.45, 7) is 1.80. The van der Waals surface area contributed by atoms with Crippen molar-refractivity contribution in [3.05, 3.63) is 100 Å². The molecule has 0 fully saturated rings. The number of fused-ring (bicyclic) bond motifs is 1. The van der Waals surface area contributed by atoms with E-state index in [1.807, 2.05) is 49.4 Å². The molecule has 1 N–H and O–H groups in total. The normalized spacial score (nSPS) is 15.8. The maximum Gasteiger partial charge on any atom is 0.243 e. The summed E-state index contributed by atoms with van der Waals surface area (Å²) in [5, 5.41) is 3.52. The van der Waals surface area contributed by atoms with Crippen LogP contribution in [0.25, 0.3) is 0 Å². The van der Waals surface area contributed by atoms with E-state index < -0.39 is 10.0 Å². The van der Waals surface area contributed by atoms with Crippen LogP contribution in [0.4, 0.5) is 0 Å². The number of carbonyl (C=O) groups is 1. The van der Waals surface area contributed by atoms with E-state index in [4.69, 9.17) is 11.6 Å². The molecule has 33 heavy (non-hydrogen) atoms. The Hall–Kier alpha value is -2.67. The van der Waals surface area contributed by atoms with Crippen molar-refractivity contribution in [1.82, 2.24) is 9.62 Å². The summed E-state index contributed by atoms with van der Waals surface area (Å²) in [5.41, 5.74) is 4.25. The summed E-state index contributed by atoms with van der Waals surface area (Å²) < 4.78 is 28.1. The van der Waals surface area contributed by atoms with Crippen molar-refractivity contribution in [2.24, 2.45) is 0 Å². The molecule has 0 spiro atoms. The Morgan fingerprint density at radius 3 is 2.45 bits per heavy atom. The van der Waals surface area contributed by atoms with Crippen molar-refractivity contribution in [3.8, 4) is 0 Å². The highest BCUT2D eigenvalue weighted by Crippen LogP contribution is 2.29. The quantitative estimate of drug-likeness (QED) is 0.513. The van der Waals surface area contributed by atoms with E-state index in [2.05, 4.69) is 11.4 Å². The second-order valence-corrected chi connectivity index (χ2v) is 10.8. The summed E-state index contributed by atoms with van der Waals surface area (Å²) in [5.74, 6) is -0.318. The number of sulfonamides is 1. The van der Waals surface area contributed by atoms with Crippen LogP contribution in [-0.2, 0) is 27.8 Å². The van der Waals surface area contributed by atoms with Gasteiger partial charge in [-0.1, -0.05) is 65.7 Å². The van der Waals surface area contributed by atoms with Crippen LogP contribution >= 0.6 is 11.6 Å². The van der Waals surface area contributed by atoms with Gasteiger partial charge in [-0.2, -0.15) is 4.31 Å². The molecule has 0 bridgehead atoms. The summed E-state index contributed by atoms with van der Waals surface area (Å²) in [7, 11) is -3.91. The van der Waals surface area contributed by atoms with Gasteiger partial charge in [0.05, 0.1) is 17.5 Å². The zero-order chi connectivity index (χ0) is 23.4. The van der Waals surface area contributed by atoms with Gasteiger partial charge in [0.2, 0.25) is 15.9 Å². The number of rotatable bonds is 7. The minimum Gasteiger partial charge on any atom is -0.348 e. The van der Waals surface area contributed by atoms with Gasteiger partial charge in [-0.05, 0) is 67.1 Å². The summed E-state index contributed by atoms with van der Waals surface area (Å²) >= 11 is 5.95. The molecule has 1 atom stereocenters. The van der Waals surface area contributed by atoms with Crippen LogP contribution in [0.15, 0.2) is 77.7 Å². The van der Waals surface area contributed by atoms with Gasteiger partial charge in [-0.3, -0.25) is 4.79 Å². The van der Waals surface area contributed by atoms with Crippen molar-refractivity contribution >= 4 is 27.5 Å². The van der Waals surface area contributed by atoms with Crippen molar-refractivity contribution in [3.63, 3.8) is 0 Å². The summed E-state index contributed by atoms with van der Waals surface area (Å²) in [4.78, 5) is 13.2. The molecule has 0 saturated carbocycles. The van der Waals surface area contributed by atoms with Crippen molar-refractivity contribution < 1.29 is 13.2 Å². The zero-order valence-corrected chi connectivity index (χ0v) is 20.1. The molecule has 3 aromatic rings.